The van der Waals surface area contributed by atoms with Crippen molar-refractivity contribution in [1.82, 2.24) is 24.8 Å². The number of nitrogens with zero attached hydrogens (tertiary/aromatic N) is 3. The number of benzene rings is 2. The van der Waals surface area contributed by atoms with E-state index in [1.54, 1.807) is 24.6 Å². The molecule has 5 aromatic rings. The van der Waals surface area contributed by atoms with Gasteiger partial charge in [0.05, 0.1) is 23.8 Å². The normalized spacial score (nSPS) is 15.6. The van der Waals surface area contributed by atoms with Gasteiger partial charge in [-0.25, -0.2) is 4.98 Å². The molecule has 1 atom stereocenters. The van der Waals surface area contributed by atoms with Crippen molar-refractivity contribution >= 4 is 34.0 Å². The number of pyridine rings is 1. The number of imidazole rings is 1. The highest BCUT2D eigenvalue weighted by Gasteiger charge is 2.29. The first-order chi connectivity index (χ1) is 21.9. The number of ether oxygens (including phenoxy) is 1. The maximum Gasteiger partial charge on any atom is 0.261 e. The Morgan fingerprint density at radius 1 is 1.04 bits per heavy atom. The highest BCUT2D eigenvalue weighted by Crippen LogP contribution is 2.32. The number of anilines is 1. The summed E-state index contributed by atoms with van der Waals surface area (Å²) in [5.41, 5.74) is 5.32. The lowest BCUT2D eigenvalue weighted by atomic mass is 10.1. The molecule has 0 saturated carbocycles. The predicted octanol–water partition coefficient (Wildman–Crippen LogP) is 6.14. The van der Waals surface area contributed by atoms with Gasteiger partial charge >= 0.3 is 0 Å². The average Bonchev–Trinajstić information content (AvgIpc) is 3.85. The molecule has 9 nitrogen and oxygen atoms in total. The van der Waals surface area contributed by atoms with Crippen LogP contribution in [-0.2, 0) is 13.0 Å². The Hall–Kier alpha value is -4.41. The van der Waals surface area contributed by atoms with Crippen molar-refractivity contribution in [3.63, 3.8) is 0 Å². The van der Waals surface area contributed by atoms with Gasteiger partial charge in [-0.05, 0) is 112 Å². The maximum absolute atomic E-state index is 13.2. The molecular weight excluding hydrogens is 584 g/mol. The van der Waals surface area contributed by atoms with Crippen molar-refractivity contribution in [2.45, 2.75) is 45.2 Å². The number of carbonyl (C=O) groups is 1. The Morgan fingerprint density at radius 3 is 2.67 bits per heavy atom. The lowest BCUT2D eigenvalue weighted by Gasteiger charge is -2.19. The molecule has 232 valence electrons. The number of thiophene rings is 1. The summed E-state index contributed by atoms with van der Waals surface area (Å²) in [7, 11) is 1.67. The van der Waals surface area contributed by atoms with E-state index in [0.29, 0.717) is 34.7 Å². The zero-order valence-corrected chi connectivity index (χ0v) is 26.5. The van der Waals surface area contributed by atoms with Crippen LogP contribution in [0.15, 0.2) is 65.6 Å². The fourth-order valence-electron chi connectivity index (χ4n) is 6.52. The Kier molecular flexibility index (Phi) is 8.16. The van der Waals surface area contributed by atoms with Crippen LogP contribution in [0.3, 0.4) is 0 Å². The SMILES string of the molecule is COc1ccc(-c2ccc(CC(C)Nc3cc[nH]c(=O)c3-c3nc4cc5c(cc4[nH]3)CN(CCCN3CCCC3)C5=O)s2)cc1. The van der Waals surface area contributed by atoms with Gasteiger partial charge in [0, 0.05) is 47.1 Å². The minimum Gasteiger partial charge on any atom is -0.497 e. The second kappa shape index (κ2) is 12.5. The van der Waals surface area contributed by atoms with Gasteiger partial charge < -0.3 is 29.8 Å². The topological polar surface area (TPSA) is 106 Å². The first kappa shape index (κ1) is 29.3. The van der Waals surface area contributed by atoms with E-state index in [9.17, 15) is 9.59 Å². The fourth-order valence-corrected chi connectivity index (χ4v) is 7.66. The van der Waals surface area contributed by atoms with E-state index in [1.807, 2.05) is 35.2 Å². The van der Waals surface area contributed by atoms with Gasteiger partial charge in [-0.1, -0.05) is 0 Å². The summed E-state index contributed by atoms with van der Waals surface area (Å²) < 4.78 is 5.29. The van der Waals surface area contributed by atoms with Crippen LogP contribution < -0.4 is 15.6 Å². The number of H-pyrrole nitrogens is 2. The summed E-state index contributed by atoms with van der Waals surface area (Å²) in [5.74, 6) is 1.39. The number of hydrogen-bond donors (Lipinski definition) is 3. The van der Waals surface area contributed by atoms with Gasteiger partial charge in [0.1, 0.15) is 17.1 Å². The largest absolute Gasteiger partial charge is 0.497 e. The molecule has 10 heteroatoms. The summed E-state index contributed by atoms with van der Waals surface area (Å²) in [6, 6.07) is 18.2. The predicted molar refractivity (Wildman–Crippen MR) is 180 cm³/mol. The first-order valence-corrected chi connectivity index (χ1v) is 16.5. The molecule has 2 aliphatic rings. The van der Waals surface area contributed by atoms with Crippen molar-refractivity contribution in [1.29, 1.82) is 0 Å². The lowest BCUT2D eigenvalue weighted by molar-refractivity contribution is 0.0772. The number of amides is 1. The summed E-state index contributed by atoms with van der Waals surface area (Å²) in [4.78, 5) is 44.2. The summed E-state index contributed by atoms with van der Waals surface area (Å²) in [5, 5.41) is 3.55. The number of aromatic nitrogens is 3. The molecule has 1 amide bonds. The quantitative estimate of drug-likeness (QED) is 0.163. The minimum atomic E-state index is -0.225. The second-order valence-corrected chi connectivity index (χ2v) is 13.2. The molecule has 2 aliphatic heterocycles. The summed E-state index contributed by atoms with van der Waals surface area (Å²) >= 11 is 1.77. The highest BCUT2D eigenvalue weighted by atomic mass is 32.1. The van der Waals surface area contributed by atoms with Gasteiger partial charge in [0.25, 0.3) is 11.5 Å². The van der Waals surface area contributed by atoms with Crippen LogP contribution in [-0.4, -0.2) is 70.0 Å². The second-order valence-electron chi connectivity index (χ2n) is 12.1. The van der Waals surface area contributed by atoms with E-state index in [4.69, 9.17) is 9.72 Å². The van der Waals surface area contributed by atoms with Gasteiger partial charge in [-0.15, -0.1) is 11.3 Å². The van der Waals surface area contributed by atoms with E-state index in [-0.39, 0.29) is 17.5 Å². The van der Waals surface area contributed by atoms with Crippen LogP contribution in [0.1, 0.15) is 47.0 Å². The number of nitrogens with one attached hydrogen (secondary N) is 3. The minimum absolute atomic E-state index is 0.0650. The smallest absolute Gasteiger partial charge is 0.261 e. The zero-order chi connectivity index (χ0) is 30.9. The van der Waals surface area contributed by atoms with Crippen LogP contribution in [0, 0.1) is 0 Å². The molecule has 0 spiro atoms. The molecule has 2 aromatic carbocycles. The van der Waals surface area contributed by atoms with Crippen molar-refractivity contribution in [2.24, 2.45) is 0 Å². The molecule has 1 unspecified atom stereocenters. The number of likely N-dealkylation sites (tertiary alicyclic amines) is 1. The molecule has 3 aromatic heterocycles. The van der Waals surface area contributed by atoms with Gasteiger partial charge in [0.15, 0.2) is 0 Å². The molecular formula is C35H38N6O3S. The van der Waals surface area contributed by atoms with Crippen molar-refractivity contribution < 1.29 is 9.53 Å². The molecule has 0 radical (unpaired) electrons. The number of aromatic amines is 2. The zero-order valence-electron chi connectivity index (χ0n) is 25.7. The molecule has 45 heavy (non-hydrogen) atoms. The summed E-state index contributed by atoms with van der Waals surface area (Å²) in [6.07, 6.45) is 6.00. The first-order valence-electron chi connectivity index (χ1n) is 15.7. The Bertz CT molecular complexity index is 1890. The van der Waals surface area contributed by atoms with Crippen LogP contribution in [0.2, 0.25) is 0 Å². The molecule has 0 aliphatic carbocycles. The molecule has 0 bridgehead atoms. The van der Waals surface area contributed by atoms with E-state index in [2.05, 4.69) is 51.4 Å². The maximum atomic E-state index is 13.2. The van der Waals surface area contributed by atoms with E-state index >= 15 is 0 Å². The standard InChI is InChI=1S/C35H38N6O3S/c1-22(18-26-10-11-31(45-26)23-6-8-25(44-2)9-7-23)37-28-12-13-36-34(42)32(28)33-38-29-19-24-21-41(17-5-16-40-14-3-4-15-40)35(43)27(24)20-30(29)39-33/h6-13,19-20,22H,3-5,14-18,21H2,1-2H3,(H,38,39)(H2,36,37,42). The van der Waals surface area contributed by atoms with Crippen molar-refractivity contribution in [3.8, 4) is 27.6 Å². The van der Waals surface area contributed by atoms with Crippen LogP contribution in [0.25, 0.3) is 32.9 Å². The van der Waals surface area contributed by atoms with E-state index in [1.165, 1.54) is 35.7 Å². The number of hydrogen-bond acceptors (Lipinski definition) is 7. The number of rotatable bonds is 11. The van der Waals surface area contributed by atoms with Crippen molar-refractivity contribution in [2.75, 3.05) is 38.6 Å². The Balaban J connectivity index is 1.05. The highest BCUT2D eigenvalue weighted by molar-refractivity contribution is 7.15. The molecule has 5 heterocycles. The summed E-state index contributed by atoms with van der Waals surface area (Å²) in [6.45, 7) is 6.88. The Labute approximate surface area is 266 Å². The van der Waals surface area contributed by atoms with Crippen LogP contribution >= 0.6 is 11.3 Å². The molecule has 7 rings (SSSR count). The van der Waals surface area contributed by atoms with Gasteiger partial charge in [0.2, 0.25) is 0 Å². The van der Waals surface area contributed by atoms with Crippen molar-refractivity contribution in [3.05, 3.63) is 87.2 Å². The van der Waals surface area contributed by atoms with E-state index < -0.39 is 0 Å². The third kappa shape index (κ3) is 6.12. The number of carbonyl (C=O) groups excluding carboxylic acids is 1. The van der Waals surface area contributed by atoms with Crippen LogP contribution in [0.5, 0.6) is 5.75 Å². The lowest BCUT2D eigenvalue weighted by Crippen LogP contribution is -2.29. The average molecular weight is 623 g/mol. The van der Waals surface area contributed by atoms with Gasteiger partial charge in [-0.3, -0.25) is 9.59 Å². The Morgan fingerprint density at radius 2 is 1.87 bits per heavy atom. The third-order valence-corrected chi connectivity index (χ3v) is 9.99. The van der Waals surface area contributed by atoms with Gasteiger partial charge in [-0.2, -0.15) is 0 Å². The monoisotopic (exact) mass is 622 g/mol. The molecule has 1 saturated heterocycles. The molecule has 3 N–H and O–H groups in total. The number of fused-ring (bicyclic) bond motifs is 2. The molecule has 1 fully saturated rings. The third-order valence-electron chi connectivity index (χ3n) is 8.83. The van der Waals surface area contributed by atoms with E-state index in [0.717, 1.165) is 48.3 Å². The fraction of sp³-hybridized carbons (Fsp3) is 0.343. The van der Waals surface area contributed by atoms with Crippen LogP contribution in [0.4, 0.5) is 5.69 Å². The number of methoxy groups -OCH3 is 1.